The number of benzene rings is 1. The summed E-state index contributed by atoms with van der Waals surface area (Å²) in [5.74, 6) is -0.281. The second kappa shape index (κ2) is 8.78. The Morgan fingerprint density at radius 3 is 2.67 bits per heavy atom. The maximum Gasteiger partial charge on any atom is 0.246 e. The first-order chi connectivity index (χ1) is 14.6. The molecule has 2 heterocycles. The fraction of sp³-hybridized carbons (Fsp3) is 0.375. The van der Waals surface area contributed by atoms with Crippen LogP contribution in [0.3, 0.4) is 0 Å². The van der Waals surface area contributed by atoms with E-state index < -0.39 is 0 Å². The number of pyridine rings is 1. The van der Waals surface area contributed by atoms with Crippen molar-refractivity contribution in [1.29, 1.82) is 0 Å². The highest BCUT2D eigenvalue weighted by atomic mass is 19.1. The zero-order chi connectivity index (χ0) is 21.0. The van der Waals surface area contributed by atoms with Crippen LogP contribution in [0.2, 0.25) is 0 Å². The van der Waals surface area contributed by atoms with Gasteiger partial charge in [0, 0.05) is 55.5 Å². The van der Waals surface area contributed by atoms with Crippen LogP contribution >= 0.6 is 0 Å². The lowest BCUT2D eigenvalue weighted by Gasteiger charge is -2.32. The molecule has 0 radical (unpaired) electrons. The normalized spacial score (nSPS) is 19.8. The monoisotopic (exact) mass is 407 g/mol. The van der Waals surface area contributed by atoms with Gasteiger partial charge in [-0.1, -0.05) is 24.3 Å². The van der Waals surface area contributed by atoms with Crippen LogP contribution in [0.5, 0.6) is 0 Å². The van der Waals surface area contributed by atoms with Gasteiger partial charge in [-0.3, -0.25) is 14.6 Å². The molecule has 0 bridgehead atoms. The Morgan fingerprint density at radius 2 is 1.93 bits per heavy atom. The average Bonchev–Trinajstić information content (AvgIpc) is 3.47. The second-order valence-corrected chi connectivity index (χ2v) is 8.16. The zero-order valence-corrected chi connectivity index (χ0v) is 16.9. The van der Waals surface area contributed by atoms with Gasteiger partial charge < -0.3 is 10.2 Å². The Bertz CT molecular complexity index is 936. The van der Waals surface area contributed by atoms with Crippen LogP contribution in [-0.4, -0.2) is 41.3 Å². The molecule has 1 saturated heterocycles. The standard InChI is InChI=1S/C24H26FN3O2/c25-21-7-2-1-5-18(21)8-9-22(29)28-15-11-24(12-16-28)17-20(24)23(30)27-14-10-19-6-3-4-13-26-19/h1-9,13,20H,10-12,14-17H2,(H,27,30)/b9-8+. The van der Waals surface area contributed by atoms with E-state index in [0.29, 0.717) is 25.2 Å². The molecule has 156 valence electrons. The average molecular weight is 407 g/mol. The molecule has 1 saturated carbocycles. The van der Waals surface area contributed by atoms with Crippen molar-refractivity contribution in [2.45, 2.75) is 25.7 Å². The first-order valence-electron chi connectivity index (χ1n) is 10.5. The molecule has 4 rings (SSSR count). The number of piperidine rings is 1. The second-order valence-electron chi connectivity index (χ2n) is 8.16. The fourth-order valence-corrected chi connectivity index (χ4v) is 4.30. The molecular formula is C24H26FN3O2. The van der Waals surface area contributed by atoms with Crippen LogP contribution in [0.15, 0.2) is 54.7 Å². The molecule has 2 amide bonds. The summed E-state index contributed by atoms with van der Waals surface area (Å²) in [5, 5.41) is 3.04. The van der Waals surface area contributed by atoms with Gasteiger partial charge in [0.15, 0.2) is 0 Å². The lowest BCUT2D eigenvalue weighted by Crippen LogP contribution is -2.40. The molecular weight excluding hydrogens is 381 g/mol. The Kier molecular flexibility index (Phi) is 5.93. The molecule has 2 fully saturated rings. The lowest BCUT2D eigenvalue weighted by atomic mass is 9.90. The van der Waals surface area contributed by atoms with Gasteiger partial charge in [0.2, 0.25) is 11.8 Å². The Labute approximate surface area is 176 Å². The SMILES string of the molecule is O=C(NCCc1ccccn1)C1CC12CCN(C(=O)/C=C/c1ccccc1F)CC2. The number of nitrogens with one attached hydrogen (secondary N) is 1. The van der Waals surface area contributed by atoms with Gasteiger partial charge in [-0.2, -0.15) is 0 Å². The first-order valence-corrected chi connectivity index (χ1v) is 10.5. The molecule has 1 aliphatic heterocycles. The van der Waals surface area contributed by atoms with Crippen molar-refractivity contribution in [3.05, 3.63) is 71.8 Å². The van der Waals surface area contributed by atoms with Gasteiger partial charge >= 0.3 is 0 Å². The number of carbonyl (C=O) groups excluding carboxylic acids is 2. The van der Waals surface area contributed by atoms with Crippen LogP contribution in [0, 0.1) is 17.2 Å². The van der Waals surface area contributed by atoms with Crippen LogP contribution in [0.4, 0.5) is 4.39 Å². The molecule has 30 heavy (non-hydrogen) atoms. The van der Waals surface area contributed by atoms with Crippen molar-refractivity contribution in [3.8, 4) is 0 Å². The minimum Gasteiger partial charge on any atom is -0.355 e. The minimum atomic E-state index is -0.339. The predicted molar refractivity (Wildman–Crippen MR) is 113 cm³/mol. The molecule has 2 aliphatic rings. The molecule has 1 aromatic carbocycles. The van der Waals surface area contributed by atoms with E-state index in [0.717, 1.165) is 31.4 Å². The topological polar surface area (TPSA) is 62.3 Å². The molecule has 6 heteroatoms. The summed E-state index contributed by atoms with van der Waals surface area (Å²) in [4.78, 5) is 31.0. The van der Waals surface area contributed by atoms with Crippen molar-refractivity contribution in [2.24, 2.45) is 11.3 Å². The first kappa shape index (κ1) is 20.3. The van der Waals surface area contributed by atoms with Gasteiger partial charge in [0.25, 0.3) is 0 Å². The summed E-state index contributed by atoms with van der Waals surface area (Å²) in [6, 6.07) is 12.2. The van der Waals surface area contributed by atoms with E-state index in [1.165, 1.54) is 18.2 Å². The highest BCUT2D eigenvalue weighted by molar-refractivity contribution is 5.92. The van der Waals surface area contributed by atoms with E-state index in [-0.39, 0.29) is 29.0 Å². The minimum absolute atomic E-state index is 0.0428. The fourth-order valence-electron chi connectivity index (χ4n) is 4.30. The highest BCUT2D eigenvalue weighted by Gasteiger charge is 2.58. The van der Waals surface area contributed by atoms with E-state index >= 15 is 0 Å². The van der Waals surface area contributed by atoms with Gasteiger partial charge in [0.1, 0.15) is 5.82 Å². The number of halogens is 1. The third-order valence-electron chi connectivity index (χ3n) is 6.29. The number of amides is 2. The van der Waals surface area contributed by atoms with E-state index in [1.54, 1.807) is 29.3 Å². The van der Waals surface area contributed by atoms with E-state index in [1.807, 2.05) is 18.2 Å². The van der Waals surface area contributed by atoms with Crippen LogP contribution in [-0.2, 0) is 16.0 Å². The molecule has 1 atom stereocenters. The van der Waals surface area contributed by atoms with Gasteiger partial charge in [-0.05, 0) is 49.0 Å². The number of aromatic nitrogens is 1. The van der Waals surface area contributed by atoms with Crippen molar-refractivity contribution in [1.82, 2.24) is 15.2 Å². The van der Waals surface area contributed by atoms with Crippen LogP contribution in [0.1, 0.15) is 30.5 Å². The van der Waals surface area contributed by atoms with Crippen molar-refractivity contribution < 1.29 is 14.0 Å². The number of hydrogen-bond donors (Lipinski definition) is 1. The van der Waals surface area contributed by atoms with Crippen molar-refractivity contribution >= 4 is 17.9 Å². The van der Waals surface area contributed by atoms with Crippen molar-refractivity contribution in [2.75, 3.05) is 19.6 Å². The smallest absolute Gasteiger partial charge is 0.246 e. The van der Waals surface area contributed by atoms with Crippen LogP contribution < -0.4 is 5.32 Å². The maximum atomic E-state index is 13.7. The molecule has 1 aromatic heterocycles. The largest absolute Gasteiger partial charge is 0.355 e. The number of nitrogens with zero attached hydrogens (tertiary/aromatic N) is 2. The van der Waals surface area contributed by atoms with Gasteiger partial charge in [-0.15, -0.1) is 0 Å². The molecule has 5 nitrogen and oxygen atoms in total. The Hall–Kier alpha value is -3.02. The quantitative estimate of drug-likeness (QED) is 0.748. The summed E-state index contributed by atoms with van der Waals surface area (Å²) in [7, 11) is 0. The van der Waals surface area contributed by atoms with E-state index in [2.05, 4.69) is 10.3 Å². The molecule has 1 unspecified atom stereocenters. The van der Waals surface area contributed by atoms with Crippen LogP contribution in [0.25, 0.3) is 6.08 Å². The summed E-state index contributed by atoms with van der Waals surface area (Å²) < 4.78 is 13.7. The third kappa shape index (κ3) is 4.58. The molecule has 1 spiro atoms. The summed E-state index contributed by atoms with van der Waals surface area (Å²) in [6.45, 7) is 1.87. The van der Waals surface area contributed by atoms with Gasteiger partial charge in [0.05, 0.1) is 0 Å². The Balaban J connectivity index is 1.22. The zero-order valence-electron chi connectivity index (χ0n) is 16.9. The number of carbonyl (C=O) groups is 2. The maximum absolute atomic E-state index is 13.7. The molecule has 1 N–H and O–H groups in total. The van der Waals surface area contributed by atoms with E-state index in [9.17, 15) is 14.0 Å². The number of likely N-dealkylation sites (tertiary alicyclic amines) is 1. The molecule has 2 aromatic rings. The Morgan fingerprint density at radius 1 is 1.17 bits per heavy atom. The highest BCUT2D eigenvalue weighted by Crippen LogP contribution is 2.59. The van der Waals surface area contributed by atoms with E-state index in [4.69, 9.17) is 0 Å². The number of rotatable bonds is 6. The summed E-state index contributed by atoms with van der Waals surface area (Å²) in [6.07, 6.45) is 8.02. The summed E-state index contributed by atoms with van der Waals surface area (Å²) >= 11 is 0. The predicted octanol–water partition coefficient (Wildman–Crippen LogP) is 3.22. The van der Waals surface area contributed by atoms with Crippen molar-refractivity contribution in [3.63, 3.8) is 0 Å². The summed E-state index contributed by atoms with van der Waals surface area (Å²) in [5.41, 5.74) is 1.42. The van der Waals surface area contributed by atoms with Gasteiger partial charge in [-0.25, -0.2) is 4.39 Å². The number of hydrogen-bond acceptors (Lipinski definition) is 3. The molecule has 1 aliphatic carbocycles. The lowest BCUT2D eigenvalue weighted by molar-refractivity contribution is -0.127. The third-order valence-corrected chi connectivity index (χ3v) is 6.29.